The van der Waals surface area contributed by atoms with Crippen LogP contribution in [0.15, 0.2) is 58.1 Å². The number of fused-ring (bicyclic) bond motifs is 1. The third kappa shape index (κ3) is 2.39. The van der Waals surface area contributed by atoms with Crippen molar-refractivity contribution >= 4 is 26.8 Å². The molecule has 0 saturated heterocycles. The van der Waals surface area contributed by atoms with E-state index in [4.69, 9.17) is 0 Å². The number of aromatic nitrogens is 2. The number of nitrogens with zero attached hydrogens (tertiary/aromatic N) is 2. The smallest absolute Gasteiger partial charge is 0.261 e. The fourth-order valence-electron chi connectivity index (χ4n) is 2.28. The van der Waals surface area contributed by atoms with Crippen LogP contribution in [0.3, 0.4) is 0 Å². The summed E-state index contributed by atoms with van der Waals surface area (Å²) in [7, 11) is 0. The van der Waals surface area contributed by atoms with Crippen LogP contribution >= 0.6 is 15.9 Å². The largest absolute Gasteiger partial charge is 0.294 e. The molecule has 0 N–H and O–H groups in total. The first kappa shape index (κ1) is 13.1. The Morgan fingerprint density at radius 3 is 2.80 bits per heavy atom. The van der Waals surface area contributed by atoms with Gasteiger partial charge in [0.1, 0.15) is 0 Å². The Morgan fingerprint density at radius 2 is 2.00 bits per heavy atom. The van der Waals surface area contributed by atoms with Gasteiger partial charge in [0.05, 0.1) is 23.8 Å². The summed E-state index contributed by atoms with van der Waals surface area (Å²) in [5.74, 6) is 0. The van der Waals surface area contributed by atoms with Gasteiger partial charge in [-0.2, -0.15) is 0 Å². The summed E-state index contributed by atoms with van der Waals surface area (Å²) in [6.07, 6.45) is 1.62. The molecule has 1 aromatic heterocycles. The van der Waals surface area contributed by atoms with Gasteiger partial charge in [-0.3, -0.25) is 9.36 Å². The lowest BCUT2D eigenvalue weighted by molar-refractivity contribution is 0.748. The predicted molar refractivity (Wildman–Crippen MR) is 84.0 cm³/mol. The van der Waals surface area contributed by atoms with Crippen LogP contribution in [0.4, 0.5) is 0 Å². The SMILES string of the molecule is Cc1cccc2c(=O)n(Cc3cccc(Br)c3)cnc12. The lowest BCUT2D eigenvalue weighted by Crippen LogP contribution is -2.21. The Hall–Kier alpha value is -1.94. The Labute approximate surface area is 125 Å². The fraction of sp³-hybridized carbons (Fsp3) is 0.125. The van der Waals surface area contributed by atoms with Gasteiger partial charge in [0.2, 0.25) is 0 Å². The van der Waals surface area contributed by atoms with Crippen molar-refractivity contribution in [1.82, 2.24) is 9.55 Å². The molecule has 100 valence electrons. The van der Waals surface area contributed by atoms with E-state index in [1.165, 1.54) is 0 Å². The van der Waals surface area contributed by atoms with Crippen molar-refractivity contribution in [3.8, 4) is 0 Å². The molecule has 0 aliphatic carbocycles. The van der Waals surface area contributed by atoms with Crippen LogP contribution in [0.5, 0.6) is 0 Å². The van der Waals surface area contributed by atoms with Crippen molar-refractivity contribution < 1.29 is 0 Å². The van der Waals surface area contributed by atoms with Gasteiger partial charge in [-0.1, -0.05) is 40.2 Å². The van der Waals surface area contributed by atoms with Crippen molar-refractivity contribution in [1.29, 1.82) is 0 Å². The monoisotopic (exact) mass is 328 g/mol. The molecule has 0 aliphatic heterocycles. The molecule has 0 amide bonds. The molecule has 0 spiro atoms. The molecule has 0 fully saturated rings. The Balaban J connectivity index is 2.09. The molecule has 0 bridgehead atoms. The quantitative estimate of drug-likeness (QED) is 0.721. The maximum Gasteiger partial charge on any atom is 0.261 e. The number of rotatable bonds is 2. The second kappa shape index (κ2) is 5.21. The zero-order valence-corrected chi connectivity index (χ0v) is 12.6. The third-order valence-corrected chi connectivity index (χ3v) is 3.79. The van der Waals surface area contributed by atoms with E-state index in [0.29, 0.717) is 11.9 Å². The Bertz CT molecular complexity index is 839. The molecule has 0 unspecified atom stereocenters. The van der Waals surface area contributed by atoms with E-state index in [-0.39, 0.29) is 5.56 Å². The highest BCUT2D eigenvalue weighted by Gasteiger charge is 2.06. The lowest BCUT2D eigenvalue weighted by atomic mass is 10.1. The highest BCUT2D eigenvalue weighted by Crippen LogP contribution is 2.14. The molecule has 1 heterocycles. The van der Waals surface area contributed by atoms with Crippen molar-refractivity contribution in [3.63, 3.8) is 0 Å². The molecule has 4 heteroatoms. The number of para-hydroxylation sites is 1. The van der Waals surface area contributed by atoms with Gasteiger partial charge in [-0.15, -0.1) is 0 Å². The standard InChI is InChI=1S/C16H13BrN2O/c1-11-4-2-7-14-15(11)18-10-19(16(14)20)9-12-5-3-6-13(17)8-12/h2-8,10H,9H2,1H3. The van der Waals surface area contributed by atoms with Crippen LogP contribution < -0.4 is 5.56 Å². The average Bonchev–Trinajstić information content (AvgIpc) is 2.43. The molecular weight excluding hydrogens is 316 g/mol. The van der Waals surface area contributed by atoms with Gasteiger partial charge < -0.3 is 0 Å². The summed E-state index contributed by atoms with van der Waals surface area (Å²) in [5, 5.41) is 0.669. The number of hydrogen-bond donors (Lipinski definition) is 0. The maximum atomic E-state index is 12.5. The van der Waals surface area contributed by atoms with E-state index in [1.54, 1.807) is 10.9 Å². The molecule has 0 atom stereocenters. The molecule has 0 aliphatic rings. The second-order valence-corrected chi connectivity index (χ2v) is 5.69. The first-order valence-electron chi connectivity index (χ1n) is 6.34. The normalized spacial score (nSPS) is 10.9. The first-order chi connectivity index (χ1) is 9.65. The first-order valence-corrected chi connectivity index (χ1v) is 7.13. The zero-order valence-electron chi connectivity index (χ0n) is 11.0. The lowest BCUT2D eigenvalue weighted by Gasteiger charge is -2.08. The van der Waals surface area contributed by atoms with Gasteiger partial charge in [0, 0.05) is 4.47 Å². The number of aryl methyl sites for hydroxylation is 1. The topological polar surface area (TPSA) is 34.9 Å². The van der Waals surface area contributed by atoms with Crippen LogP contribution in [-0.2, 0) is 6.54 Å². The van der Waals surface area contributed by atoms with E-state index in [0.717, 1.165) is 21.1 Å². The average molecular weight is 329 g/mol. The van der Waals surface area contributed by atoms with Gasteiger partial charge >= 0.3 is 0 Å². The van der Waals surface area contributed by atoms with Gasteiger partial charge in [0.25, 0.3) is 5.56 Å². The van der Waals surface area contributed by atoms with Gasteiger partial charge in [0.15, 0.2) is 0 Å². The fourth-order valence-corrected chi connectivity index (χ4v) is 2.73. The molecule has 0 saturated carbocycles. The van der Waals surface area contributed by atoms with E-state index in [1.807, 2.05) is 49.4 Å². The van der Waals surface area contributed by atoms with Crippen LogP contribution in [0.2, 0.25) is 0 Å². The molecule has 2 aromatic carbocycles. The number of hydrogen-bond acceptors (Lipinski definition) is 2. The summed E-state index contributed by atoms with van der Waals surface area (Å²) < 4.78 is 2.65. The zero-order chi connectivity index (χ0) is 14.1. The van der Waals surface area contributed by atoms with E-state index >= 15 is 0 Å². The minimum Gasteiger partial charge on any atom is -0.294 e. The van der Waals surface area contributed by atoms with E-state index in [9.17, 15) is 4.79 Å². The molecule has 20 heavy (non-hydrogen) atoms. The summed E-state index contributed by atoms with van der Waals surface area (Å²) in [6, 6.07) is 13.6. The predicted octanol–water partition coefficient (Wildman–Crippen LogP) is 3.52. The summed E-state index contributed by atoms with van der Waals surface area (Å²) >= 11 is 3.44. The molecule has 3 nitrogen and oxygen atoms in total. The highest BCUT2D eigenvalue weighted by molar-refractivity contribution is 9.10. The summed E-state index contributed by atoms with van der Waals surface area (Å²) in [4.78, 5) is 16.9. The van der Waals surface area contributed by atoms with Crippen LogP contribution in [0, 0.1) is 6.92 Å². The minimum absolute atomic E-state index is 0.00123. The van der Waals surface area contributed by atoms with E-state index in [2.05, 4.69) is 20.9 Å². The summed E-state index contributed by atoms with van der Waals surface area (Å²) in [6.45, 7) is 2.49. The van der Waals surface area contributed by atoms with Crippen molar-refractivity contribution in [3.05, 3.63) is 74.7 Å². The molecular formula is C16H13BrN2O. The number of halogens is 1. The van der Waals surface area contributed by atoms with Crippen molar-refractivity contribution in [2.24, 2.45) is 0 Å². The minimum atomic E-state index is -0.00123. The van der Waals surface area contributed by atoms with Crippen LogP contribution in [0.25, 0.3) is 10.9 Å². The summed E-state index contributed by atoms with van der Waals surface area (Å²) in [5.41, 5.74) is 2.87. The maximum absolute atomic E-state index is 12.5. The van der Waals surface area contributed by atoms with Gasteiger partial charge in [-0.05, 0) is 36.2 Å². The number of benzene rings is 2. The van der Waals surface area contributed by atoms with Crippen LogP contribution in [-0.4, -0.2) is 9.55 Å². The third-order valence-electron chi connectivity index (χ3n) is 3.30. The van der Waals surface area contributed by atoms with Crippen molar-refractivity contribution in [2.75, 3.05) is 0 Å². The Kier molecular flexibility index (Phi) is 3.40. The molecule has 0 radical (unpaired) electrons. The highest BCUT2D eigenvalue weighted by atomic mass is 79.9. The van der Waals surface area contributed by atoms with Crippen LogP contribution in [0.1, 0.15) is 11.1 Å². The Morgan fingerprint density at radius 1 is 1.20 bits per heavy atom. The van der Waals surface area contributed by atoms with Crippen molar-refractivity contribution in [2.45, 2.75) is 13.5 Å². The second-order valence-electron chi connectivity index (χ2n) is 4.78. The molecule has 3 rings (SSSR count). The van der Waals surface area contributed by atoms with E-state index < -0.39 is 0 Å². The van der Waals surface area contributed by atoms with Gasteiger partial charge in [-0.25, -0.2) is 4.98 Å². The molecule has 3 aromatic rings.